The lowest BCUT2D eigenvalue weighted by molar-refractivity contribution is -0.145. The zero-order chi connectivity index (χ0) is 25.4. The minimum absolute atomic E-state index is 0.112. The number of halogens is 2. The Labute approximate surface area is 201 Å². The number of esters is 1. The molecule has 0 amide bonds. The summed E-state index contributed by atoms with van der Waals surface area (Å²) in [7, 11) is 1.59. The Morgan fingerprint density at radius 1 is 1.06 bits per heavy atom. The maximum absolute atomic E-state index is 13.6. The SMILES string of the molecule is CCOC(=O)CC(O)CC(O)/C=C/C(=C(c1ccc(F)cc1)c1ccc(F)cc1)c1nnn(C)n1. The van der Waals surface area contributed by atoms with E-state index in [0.29, 0.717) is 22.3 Å². The number of benzene rings is 2. The van der Waals surface area contributed by atoms with Crippen LogP contribution in [0.15, 0.2) is 60.7 Å². The van der Waals surface area contributed by atoms with Crippen LogP contribution in [0.5, 0.6) is 0 Å². The lowest BCUT2D eigenvalue weighted by Gasteiger charge is -2.14. The van der Waals surface area contributed by atoms with Crippen LogP contribution in [-0.4, -0.2) is 55.2 Å². The standard InChI is InChI=1S/C25H26F2N4O4/c1-3-35-23(34)15-21(33)14-20(32)12-13-22(25-28-30-31(2)29-25)24(16-4-8-18(26)9-5-16)17-6-10-19(27)11-7-17/h4-13,20-21,32-33H,3,14-15H2,1-2H3/b13-12+. The number of hydrogen-bond acceptors (Lipinski definition) is 7. The lowest BCUT2D eigenvalue weighted by atomic mass is 9.92. The van der Waals surface area contributed by atoms with Crippen LogP contribution in [0, 0.1) is 11.6 Å². The molecule has 10 heteroatoms. The molecule has 2 unspecified atom stereocenters. The van der Waals surface area contributed by atoms with Crippen LogP contribution < -0.4 is 0 Å². The number of allylic oxidation sites excluding steroid dienone is 2. The average Bonchev–Trinajstić information content (AvgIpc) is 3.24. The van der Waals surface area contributed by atoms with Gasteiger partial charge in [0.05, 0.1) is 32.3 Å². The molecule has 1 aromatic heterocycles. The van der Waals surface area contributed by atoms with E-state index >= 15 is 0 Å². The van der Waals surface area contributed by atoms with E-state index in [1.807, 2.05) is 0 Å². The van der Waals surface area contributed by atoms with Gasteiger partial charge in [0.1, 0.15) is 11.6 Å². The van der Waals surface area contributed by atoms with Crippen LogP contribution in [0.1, 0.15) is 36.7 Å². The molecule has 2 N–H and O–H groups in total. The summed E-state index contributed by atoms with van der Waals surface area (Å²) in [4.78, 5) is 12.8. The van der Waals surface area contributed by atoms with Crippen LogP contribution >= 0.6 is 0 Å². The second-order valence-corrected chi connectivity index (χ2v) is 7.73. The van der Waals surface area contributed by atoms with Gasteiger partial charge in [-0.1, -0.05) is 36.4 Å². The monoisotopic (exact) mass is 484 g/mol. The Morgan fingerprint density at radius 3 is 2.11 bits per heavy atom. The summed E-state index contributed by atoms with van der Waals surface area (Å²) in [5.74, 6) is -1.19. The summed E-state index contributed by atoms with van der Waals surface area (Å²) in [5, 5.41) is 32.8. The minimum Gasteiger partial charge on any atom is -0.466 e. The van der Waals surface area contributed by atoms with Crippen LogP contribution in [0.4, 0.5) is 8.78 Å². The Balaban J connectivity index is 2.03. The number of carbonyl (C=O) groups is 1. The summed E-state index contributed by atoms with van der Waals surface area (Å²) >= 11 is 0. The third-order valence-corrected chi connectivity index (χ3v) is 4.99. The molecule has 0 aliphatic carbocycles. The summed E-state index contributed by atoms with van der Waals surface area (Å²) in [6.45, 7) is 1.86. The quantitative estimate of drug-likeness (QED) is 0.336. The van der Waals surface area contributed by atoms with Gasteiger partial charge in [0, 0.05) is 17.6 Å². The van der Waals surface area contributed by atoms with Crippen LogP contribution in [0.2, 0.25) is 0 Å². The molecular formula is C25H26F2N4O4. The highest BCUT2D eigenvalue weighted by molar-refractivity contribution is 6.00. The van der Waals surface area contributed by atoms with Crippen LogP contribution in [0.3, 0.4) is 0 Å². The summed E-state index contributed by atoms with van der Waals surface area (Å²) in [6, 6.07) is 11.5. The van der Waals surface area contributed by atoms with Crippen LogP contribution in [-0.2, 0) is 16.6 Å². The van der Waals surface area contributed by atoms with Crippen molar-refractivity contribution in [1.29, 1.82) is 0 Å². The first-order valence-electron chi connectivity index (χ1n) is 11.0. The summed E-state index contributed by atoms with van der Waals surface area (Å²) < 4.78 is 32.1. The fourth-order valence-corrected chi connectivity index (χ4v) is 3.43. The number of aryl methyl sites for hydroxylation is 1. The summed E-state index contributed by atoms with van der Waals surface area (Å²) in [5.41, 5.74) is 2.17. The highest BCUT2D eigenvalue weighted by Crippen LogP contribution is 2.32. The van der Waals surface area contributed by atoms with E-state index in [9.17, 15) is 23.8 Å². The average molecular weight is 485 g/mol. The first-order valence-corrected chi connectivity index (χ1v) is 11.0. The molecule has 8 nitrogen and oxygen atoms in total. The number of carbonyl (C=O) groups excluding carboxylic acids is 1. The molecule has 3 rings (SSSR count). The number of tetrazole rings is 1. The molecule has 0 aliphatic rings. The van der Waals surface area contributed by atoms with Gasteiger partial charge in [-0.25, -0.2) is 8.78 Å². The number of aliphatic hydroxyl groups excluding tert-OH is 2. The molecule has 0 saturated heterocycles. The number of rotatable bonds is 10. The van der Waals surface area contributed by atoms with E-state index in [0.717, 1.165) is 0 Å². The molecule has 0 fully saturated rings. The zero-order valence-electron chi connectivity index (χ0n) is 19.3. The van der Waals surface area contributed by atoms with E-state index in [-0.39, 0.29) is 25.3 Å². The van der Waals surface area contributed by atoms with E-state index < -0.39 is 29.8 Å². The first-order chi connectivity index (χ1) is 16.8. The highest BCUT2D eigenvalue weighted by atomic mass is 19.1. The number of nitrogens with zero attached hydrogens (tertiary/aromatic N) is 4. The van der Waals surface area contributed by atoms with Crippen molar-refractivity contribution in [3.8, 4) is 0 Å². The van der Waals surface area contributed by atoms with Crippen molar-refractivity contribution in [3.63, 3.8) is 0 Å². The maximum atomic E-state index is 13.6. The molecule has 0 spiro atoms. The molecule has 0 bridgehead atoms. The number of aromatic nitrogens is 4. The van der Waals surface area contributed by atoms with E-state index in [2.05, 4.69) is 15.4 Å². The molecular weight excluding hydrogens is 458 g/mol. The zero-order valence-corrected chi connectivity index (χ0v) is 19.3. The van der Waals surface area contributed by atoms with Gasteiger partial charge >= 0.3 is 5.97 Å². The molecule has 2 aromatic carbocycles. The van der Waals surface area contributed by atoms with E-state index in [1.165, 1.54) is 35.1 Å². The van der Waals surface area contributed by atoms with Gasteiger partial charge in [-0.05, 0) is 47.5 Å². The van der Waals surface area contributed by atoms with Gasteiger partial charge in [0.15, 0.2) is 0 Å². The van der Waals surface area contributed by atoms with Gasteiger partial charge in [-0.3, -0.25) is 4.79 Å². The summed E-state index contributed by atoms with van der Waals surface area (Å²) in [6.07, 6.45) is 0.398. The molecule has 1 heterocycles. The van der Waals surface area contributed by atoms with Crippen molar-refractivity contribution in [3.05, 3.63) is 89.3 Å². The molecule has 0 saturated carbocycles. The Kier molecular flexibility index (Phi) is 8.93. The number of ether oxygens (including phenoxy) is 1. The van der Waals surface area contributed by atoms with Crippen molar-refractivity contribution < 1.29 is 28.5 Å². The fourth-order valence-electron chi connectivity index (χ4n) is 3.43. The predicted molar refractivity (Wildman–Crippen MR) is 125 cm³/mol. The third-order valence-electron chi connectivity index (χ3n) is 4.99. The fraction of sp³-hybridized carbons (Fsp3) is 0.280. The number of hydrogen-bond donors (Lipinski definition) is 2. The predicted octanol–water partition coefficient (Wildman–Crippen LogP) is 3.07. The molecule has 184 valence electrons. The van der Waals surface area contributed by atoms with E-state index in [1.54, 1.807) is 44.3 Å². The highest BCUT2D eigenvalue weighted by Gasteiger charge is 2.18. The van der Waals surface area contributed by atoms with Gasteiger partial charge in [0.2, 0.25) is 5.82 Å². The van der Waals surface area contributed by atoms with E-state index in [4.69, 9.17) is 4.74 Å². The molecule has 0 aliphatic heterocycles. The number of aliphatic hydroxyl groups is 2. The van der Waals surface area contributed by atoms with Gasteiger partial charge in [0.25, 0.3) is 0 Å². The smallest absolute Gasteiger partial charge is 0.308 e. The third kappa shape index (κ3) is 7.36. The minimum atomic E-state index is -1.12. The molecule has 2 atom stereocenters. The van der Waals surface area contributed by atoms with Crippen LogP contribution in [0.25, 0.3) is 11.1 Å². The van der Waals surface area contributed by atoms with Crippen molar-refractivity contribution in [2.75, 3.05) is 6.61 Å². The van der Waals surface area contributed by atoms with Crippen molar-refractivity contribution in [2.24, 2.45) is 7.05 Å². The molecule has 3 aromatic rings. The largest absolute Gasteiger partial charge is 0.466 e. The maximum Gasteiger partial charge on any atom is 0.308 e. The van der Waals surface area contributed by atoms with Gasteiger partial charge < -0.3 is 14.9 Å². The van der Waals surface area contributed by atoms with Crippen molar-refractivity contribution in [1.82, 2.24) is 20.2 Å². The topological polar surface area (TPSA) is 110 Å². The van der Waals surface area contributed by atoms with Crippen molar-refractivity contribution >= 4 is 17.1 Å². The molecule has 0 radical (unpaired) electrons. The van der Waals surface area contributed by atoms with Crippen molar-refractivity contribution in [2.45, 2.75) is 32.0 Å². The normalized spacial score (nSPS) is 13.0. The Morgan fingerprint density at radius 2 is 1.63 bits per heavy atom. The Bertz CT molecular complexity index is 1140. The Hall–Kier alpha value is -3.76. The first kappa shape index (κ1) is 25.9. The lowest BCUT2D eigenvalue weighted by Crippen LogP contribution is -2.20. The second-order valence-electron chi connectivity index (χ2n) is 7.73. The second kappa shape index (κ2) is 12.1. The molecule has 35 heavy (non-hydrogen) atoms. The van der Waals surface area contributed by atoms with Gasteiger partial charge in [-0.15, -0.1) is 10.2 Å². The van der Waals surface area contributed by atoms with Gasteiger partial charge in [-0.2, -0.15) is 4.80 Å².